The van der Waals surface area contributed by atoms with Crippen LogP contribution in [0.4, 0.5) is 0 Å². The van der Waals surface area contributed by atoms with Gasteiger partial charge in [0.25, 0.3) is 0 Å². The number of H-pyrrole nitrogens is 1. The van der Waals surface area contributed by atoms with Crippen LogP contribution >= 0.6 is 0 Å². The molecule has 5 N–H and O–H groups in total. The SMILES string of the molecule is CCOC(=O)[C@@H](NC(=O)[C@H](CCC(=O)C=N)NC(=O)[C@H](Cc1c[nH]c2ccccc12)NC(C)=O)C(C)C. The number of rotatable bonds is 14. The van der Waals surface area contributed by atoms with Crippen molar-refractivity contribution < 1.29 is 28.7 Å². The average Bonchev–Trinajstić information content (AvgIpc) is 3.26. The molecular formula is C26H35N5O6. The zero-order valence-corrected chi connectivity index (χ0v) is 21.6. The van der Waals surface area contributed by atoms with Crippen LogP contribution < -0.4 is 16.0 Å². The summed E-state index contributed by atoms with van der Waals surface area (Å²) < 4.78 is 5.04. The van der Waals surface area contributed by atoms with Gasteiger partial charge in [0.1, 0.15) is 18.1 Å². The van der Waals surface area contributed by atoms with Crippen molar-refractivity contribution in [3.8, 4) is 0 Å². The maximum atomic E-state index is 13.3. The Morgan fingerprint density at radius 1 is 1.03 bits per heavy atom. The summed E-state index contributed by atoms with van der Waals surface area (Å²) in [5.74, 6) is -3.15. The van der Waals surface area contributed by atoms with E-state index in [9.17, 15) is 24.0 Å². The van der Waals surface area contributed by atoms with Crippen molar-refractivity contribution in [1.82, 2.24) is 20.9 Å². The van der Waals surface area contributed by atoms with Gasteiger partial charge in [0, 0.05) is 36.9 Å². The smallest absolute Gasteiger partial charge is 0.328 e. The van der Waals surface area contributed by atoms with Crippen molar-refractivity contribution in [2.75, 3.05) is 6.61 Å². The van der Waals surface area contributed by atoms with Crippen molar-refractivity contribution in [3.05, 3.63) is 36.0 Å². The highest BCUT2D eigenvalue weighted by Crippen LogP contribution is 2.19. The molecule has 0 bridgehead atoms. The quantitative estimate of drug-likeness (QED) is 0.189. The van der Waals surface area contributed by atoms with Crippen LogP contribution in [0.15, 0.2) is 30.5 Å². The minimum Gasteiger partial charge on any atom is -0.464 e. The molecule has 1 heterocycles. The number of ketones is 1. The number of amides is 3. The Hall–Kier alpha value is -4.02. The number of Topliss-reactive ketones (excluding diaryl/α,β-unsaturated/α-hetero) is 1. The third-order valence-electron chi connectivity index (χ3n) is 5.77. The maximum Gasteiger partial charge on any atom is 0.328 e. The number of carbonyl (C=O) groups is 5. The van der Waals surface area contributed by atoms with Crippen molar-refractivity contribution in [2.24, 2.45) is 5.92 Å². The number of aromatic amines is 1. The number of nitrogens with one attached hydrogen (secondary N) is 5. The lowest BCUT2D eigenvalue weighted by Crippen LogP contribution is -2.57. The highest BCUT2D eigenvalue weighted by atomic mass is 16.5. The molecule has 0 spiro atoms. The summed E-state index contributed by atoms with van der Waals surface area (Å²) in [6.45, 7) is 6.55. The van der Waals surface area contributed by atoms with Crippen LogP contribution in [0, 0.1) is 11.3 Å². The lowest BCUT2D eigenvalue weighted by atomic mass is 10.0. The second-order valence-corrected chi connectivity index (χ2v) is 9.01. The largest absolute Gasteiger partial charge is 0.464 e. The molecule has 1 aromatic carbocycles. The predicted octanol–water partition coefficient (Wildman–Crippen LogP) is 1.40. The van der Waals surface area contributed by atoms with E-state index in [1.165, 1.54) is 6.92 Å². The minimum atomic E-state index is -1.19. The third kappa shape index (κ3) is 8.55. The molecule has 0 radical (unpaired) electrons. The molecule has 3 atom stereocenters. The topological polar surface area (TPSA) is 170 Å². The lowest BCUT2D eigenvalue weighted by Gasteiger charge is -2.26. The van der Waals surface area contributed by atoms with E-state index >= 15 is 0 Å². The van der Waals surface area contributed by atoms with E-state index in [1.807, 2.05) is 24.3 Å². The third-order valence-corrected chi connectivity index (χ3v) is 5.77. The number of carbonyl (C=O) groups excluding carboxylic acids is 5. The van der Waals surface area contributed by atoms with Gasteiger partial charge in [-0.15, -0.1) is 0 Å². The Labute approximate surface area is 215 Å². The van der Waals surface area contributed by atoms with E-state index < -0.39 is 47.6 Å². The van der Waals surface area contributed by atoms with Gasteiger partial charge in [0.05, 0.1) is 12.8 Å². The molecule has 200 valence electrons. The molecule has 0 aliphatic rings. The van der Waals surface area contributed by atoms with E-state index in [1.54, 1.807) is 27.0 Å². The first-order chi connectivity index (χ1) is 17.6. The molecular weight excluding hydrogens is 478 g/mol. The van der Waals surface area contributed by atoms with E-state index in [-0.39, 0.29) is 31.8 Å². The van der Waals surface area contributed by atoms with Crippen molar-refractivity contribution in [1.29, 1.82) is 5.41 Å². The van der Waals surface area contributed by atoms with E-state index in [4.69, 9.17) is 10.1 Å². The Morgan fingerprint density at radius 2 is 1.70 bits per heavy atom. The van der Waals surface area contributed by atoms with Crippen LogP contribution in [0.3, 0.4) is 0 Å². The molecule has 11 nitrogen and oxygen atoms in total. The molecule has 0 fully saturated rings. The van der Waals surface area contributed by atoms with Crippen molar-refractivity contribution in [2.45, 2.75) is 65.1 Å². The van der Waals surface area contributed by atoms with Crippen LogP contribution in [0.2, 0.25) is 0 Å². The second-order valence-electron chi connectivity index (χ2n) is 9.01. The molecule has 0 aliphatic heterocycles. The molecule has 2 rings (SSSR count). The molecule has 11 heteroatoms. The summed E-state index contributed by atoms with van der Waals surface area (Å²) in [5.41, 5.74) is 1.67. The minimum absolute atomic E-state index is 0.0979. The first kappa shape index (κ1) is 29.2. The van der Waals surface area contributed by atoms with E-state index in [0.29, 0.717) is 6.21 Å². The lowest BCUT2D eigenvalue weighted by molar-refractivity contribution is -0.149. The van der Waals surface area contributed by atoms with Crippen LogP contribution in [0.1, 0.15) is 46.1 Å². The fourth-order valence-corrected chi connectivity index (χ4v) is 3.86. The average molecular weight is 514 g/mol. The first-order valence-electron chi connectivity index (χ1n) is 12.2. The van der Waals surface area contributed by atoms with Crippen molar-refractivity contribution in [3.63, 3.8) is 0 Å². The van der Waals surface area contributed by atoms with Gasteiger partial charge in [-0.25, -0.2) is 4.79 Å². The van der Waals surface area contributed by atoms with Gasteiger partial charge in [-0.05, 0) is 30.9 Å². The summed E-state index contributed by atoms with van der Waals surface area (Å²) in [4.78, 5) is 65.5. The molecule has 3 amide bonds. The van der Waals surface area contributed by atoms with Gasteiger partial charge >= 0.3 is 5.97 Å². The fraction of sp³-hybridized carbons (Fsp3) is 0.462. The predicted molar refractivity (Wildman–Crippen MR) is 138 cm³/mol. The Bertz CT molecular complexity index is 1140. The van der Waals surface area contributed by atoms with Crippen LogP contribution in [0.25, 0.3) is 10.9 Å². The number of hydrogen-bond donors (Lipinski definition) is 5. The van der Waals surface area contributed by atoms with Gasteiger partial charge < -0.3 is 31.1 Å². The molecule has 0 aliphatic carbocycles. The summed E-state index contributed by atoms with van der Waals surface area (Å²) in [6.07, 6.45) is 2.29. The van der Waals surface area contributed by atoms with Gasteiger partial charge in [-0.1, -0.05) is 32.0 Å². The highest BCUT2D eigenvalue weighted by Gasteiger charge is 2.31. The summed E-state index contributed by atoms with van der Waals surface area (Å²) in [5, 5.41) is 15.9. The summed E-state index contributed by atoms with van der Waals surface area (Å²) >= 11 is 0. The molecule has 2 aromatic rings. The number of benzene rings is 1. The van der Waals surface area contributed by atoms with Gasteiger partial charge in [0.2, 0.25) is 17.7 Å². The summed E-state index contributed by atoms with van der Waals surface area (Å²) in [6, 6.07) is 4.37. The zero-order valence-electron chi connectivity index (χ0n) is 21.6. The zero-order chi connectivity index (χ0) is 27.5. The van der Waals surface area contributed by atoms with Gasteiger partial charge in [0.15, 0.2) is 5.78 Å². The molecule has 0 unspecified atom stereocenters. The number of hydrogen-bond acceptors (Lipinski definition) is 7. The molecule has 37 heavy (non-hydrogen) atoms. The number of esters is 1. The second kappa shape index (κ2) is 13.9. The number of aromatic nitrogens is 1. The number of ether oxygens (including phenoxy) is 1. The highest BCUT2D eigenvalue weighted by molar-refractivity contribution is 6.26. The number of fused-ring (bicyclic) bond motifs is 1. The standard InChI is InChI=1S/C26H35N5O6/c1-5-37-26(36)23(15(2)3)31-24(34)21(11-10-18(33)13-27)30-25(35)22(29-16(4)32)12-17-14-28-20-9-7-6-8-19(17)20/h6-9,13-15,21-23,27-28H,5,10-12H2,1-4H3,(H,29,32)(H,30,35)(H,31,34)/t21-,22-,23-/m0/s1. The molecule has 0 saturated carbocycles. The maximum absolute atomic E-state index is 13.3. The van der Waals surface area contributed by atoms with Crippen LogP contribution in [0.5, 0.6) is 0 Å². The Balaban J connectivity index is 2.26. The van der Waals surface area contributed by atoms with E-state index in [0.717, 1.165) is 16.5 Å². The molecule has 0 saturated heterocycles. The Kier molecular flexibility index (Phi) is 11.0. The van der Waals surface area contributed by atoms with Gasteiger partial charge in [-0.3, -0.25) is 19.2 Å². The first-order valence-corrected chi connectivity index (χ1v) is 12.2. The summed E-state index contributed by atoms with van der Waals surface area (Å²) in [7, 11) is 0. The van der Waals surface area contributed by atoms with Crippen LogP contribution in [-0.4, -0.2) is 65.4 Å². The monoisotopic (exact) mass is 513 g/mol. The molecule has 1 aromatic heterocycles. The van der Waals surface area contributed by atoms with Gasteiger partial charge in [-0.2, -0.15) is 0 Å². The van der Waals surface area contributed by atoms with Crippen LogP contribution in [-0.2, 0) is 35.1 Å². The van der Waals surface area contributed by atoms with E-state index in [2.05, 4.69) is 20.9 Å². The number of para-hydroxylation sites is 1. The van der Waals surface area contributed by atoms with Crippen molar-refractivity contribution >= 4 is 46.6 Å². The Morgan fingerprint density at radius 3 is 2.32 bits per heavy atom. The normalized spacial score (nSPS) is 13.3. The fourth-order valence-electron chi connectivity index (χ4n) is 3.86.